The Balaban J connectivity index is 1.95. The van der Waals surface area contributed by atoms with Gasteiger partial charge in [0.05, 0.1) is 12.2 Å². The zero-order chi connectivity index (χ0) is 13.0. The maximum absolute atomic E-state index is 11.0. The van der Waals surface area contributed by atoms with Crippen molar-refractivity contribution in [3.63, 3.8) is 0 Å². The molecule has 0 N–H and O–H groups in total. The monoisotopic (exact) mass is 249 g/mol. The maximum atomic E-state index is 11.0. The Kier molecular flexibility index (Phi) is 4.33. The molecular formula is C14H19NO3. The summed E-state index contributed by atoms with van der Waals surface area (Å²) in [5, 5.41) is 0. The summed E-state index contributed by atoms with van der Waals surface area (Å²) in [5.74, 6) is 0.632. The zero-order valence-corrected chi connectivity index (χ0v) is 10.9. The molecule has 1 unspecified atom stereocenters. The first-order valence-corrected chi connectivity index (χ1v) is 6.18. The summed E-state index contributed by atoms with van der Waals surface area (Å²) in [6.07, 6.45) is 0.903. The lowest BCUT2D eigenvalue weighted by molar-refractivity contribution is -0.0404. The molecule has 1 atom stereocenters. The van der Waals surface area contributed by atoms with E-state index in [1.165, 1.54) is 0 Å². The highest BCUT2D eigenvalue weighted by molar-refractivity contribution is 5.79. The Morgan fingerprint density at radius 3 is 3.11 bits per heavy atom. The Bertz CT molecular complexity index is 420. The van der Waals surface area contributed by atoms with Crippen LogP contribution < -0.4 is 4.74 Å². The Morgan fingerprint density at radius 2 is 2.39 bits per heavy atom. The second kappa shape index (κ2) is 5.98. The van der Waals surface area contributed by atoms with Crippen LogP contribution in [-0.4, -0.2) is 50.6 Å². The molecule has 2 rings (SSSR count). The van der Waals surface area contributed by atoms with Gasteiger partial charge in [-0.2, -0.15) is 0 Å². The highest BCUT2D eigenvalue weighted by Crippen LogP contribution is 2.19. The number of likely N-dealkylation sites (N-methyl/N-ethyl adjacent to an activating group) is 1. The van der Waals surface area contributed by atoms with E-state index in [0.717, 1.165) is 31.5 Å². The number of ether oxygens (including phenoxy) is 2. The smallest absolute Gasteiger partial charge is 0.153 e. The van der Waals surface area contributed by atoms with E-state index in [-0.39, 0.29) is 6.10 Å². The quantitative estimate of drug-likeness (QED) is 0.758. The number of hydrogen-bond donors (Lipinski definition) is 0. The number of carbonyl (C=O) groups is 1. The normalized spacial score (nSPS) is 20.7. The van der Waals surface area contributed by atoms with Crippen LogP contribution in [0.25, 0.3) is 0 Å². The van der Waals surface area contributed by atoms with Crippen molar-refractivity contribution in [2.24, 2.45) is 0 Å². The molecule has 1 aliphatic heterocycles. The van der Waals surface area contributed by atoms with Crippen molar-refractivity contribution in [3.05, 3.63) is 29.3 Å². The van der Waals surface area contributed by atoms with Crippen LogP contribution >= 0.6 is 0 Å². The number of rotatable bonds is 4. The molecule has 4 nitrogen and oxygen atoms in total. The van der Waals surface area contributed by atoms with Crippen molar-refractivity contribution in [1.82, 2.24) is 4.90 Å². The molecule has 0 radical (unpaired) electrons. The van der Waals surface area contributed by atoms with Crippen LogP contribution in [0.15, 0.2) is 18.2 Å². The first-order valence-electron chi connectivity index (χ1n) is 6.18. The second-order valence-corrected chi connectivity index (χ2v) is 4.73. The van der Waals surface area contributed by atoms with E-state index in [1.807, 2.05) is 25.1 Å². The van der Waals surface area contributed by atoms with Gasteiger partial charge in [-0.3, -0.25) is 4.79 Å². The van der Waals surface area contributed by atoms with E-state index in [9.17, 15) is 4.79 Å². The topological polar surface area (TPSA) is 38.8 Å². The van der Waals surface area contributed by atoms with Crippen molar-refractivity contribution < 1.29 is 14.3 Å². The third kappa shape index (κ3) is 3.31. The Hall–Kier alpha value is -1.39. The zero-order valence-electron chi connectivity index (χ0n) is 10.9. The molecule has 1 fully saturated rings. The minimum absolute atomic E-state index is 0.0737. The molecule has 4 heteroatoms. The molecule has 1 heterocycles. The van der Waals surface area contributed by atoms with Gasteiger partial charge in [-0.15, -0.1) is 0 Å². The molecular weight excluding hydrogens is 230 g/mol. The highest BCUT2D eigenvalue weighted by atomic mass is 16.5. The summed E-state index contributed by atoms with van der Waals surface area (Å²) in [5.41, 5.74) is 1.65. The lowest BCUT2D eigenvalue weighted by Crippen LogP contribution is -2.42. The summed E-state index contributed by atoms with van der Waals surface area (Å²) in [6, 6.07) is 5.61. The first-order chi connectivity index (χ1) is 8.69. The fourth-order valence-corrected chi connectivity index (χ4v) is 2.04. The van der Waals surface area contributed by atoms with Gasteiger partial charge in [-0.1, -0.05) is 11.6 Å². The van der Waals surface area contributed by atoms with Crippen LogP contribution in [0.1, 0.15) is 15.9 Å². The van der Waals surface area contributed by atoms with Gasteiger partial charge in [-0.25, -0.2) is 0 Å². The van der Waals surface area contributed by atoms with Crippen molar-refractivity contribution >= 4 is 6.29 Å². The number of aryl methyl sites for hydroxylation is 1. The van der Waals surface area contributed by atoms with Gasteiger partial charge in [-0.05, 0) is 26.1 Å². The predicted octanol–water partition coefficient (Wildman–Crippen LogP) is 1.52. The second-order valence-electron chi connectivity index (χ2n) is 4.73. The third-order valence-electron chi connectivity index (χ3n) is 3.06. The SMILES string of the molecule is Cc1ccc(OCC2CN(C)CCO2)c(C=O)c1. The molecule has 18 heavy (non-hydrogen) atoms. The van der Waals surface area contributed by atoms with Gasteiger partial charge in [0.2, 0.25) is 0 Å². The molecule has 0 saturated carbocycles. The fourth-order valence-electron chi connectivity index (χ4n) is 2.04. The molecule has 0 bridgehead atoms. The van der Waals surface area contributed by atoms with Crippen LogP contribution in [0.2, 0.25) is 0 Å². The lowest BCUT2D eigenvalue weighted by Gasteiger charge is -2.29. The average Bonchev–Trinajstić information content (AvgIpc) is 2.37. The Morgan fingerprint density at radius 1 is 1.56 bits per heavy atom. The van der Waals surface area contributed by atoms with Gasteiger partial charge in [0, 0.05) is 13.1 Å². The van der Waals surface area contributed by atoms with Gasteiger partial charge in [0.15, 0.2) is 6.29 Å². The van der Waals surface area contributed by atoms with E-state index in [1.54, 1.807) is 0 Å². The van der Waals surface area contributed by atoms with Crippen LogP contribution in [0.4, 0.5) is 0 Å². The minimum atomic E-state index is 0.0737. The van der Waals surface area contributed by atoms with Crippen LogP contribution in [0, 0.1) is 6.92 Å². The highest BCUT2D eigenvalue weighted by Gasteiger charge is 2.18. The summed E-state index contributed by atoms with van der Waals surface area (Å²) >= 11 is 0. The van der Waals surface area contributed by atoms with Gasteiger partial charge < -0.3 is 14.4 Å². The number of hydrogen-bond acceptors (Lipinski definition) is 4. The van der Waals surface area contributed by atoms with E-state index < -0.39 is 0 Å². The molecule has 98 valence electrons. The minimum Gasteiger partial charge on any atom is -0.490 e. The fraction of sp³-hybridized carbons (Fsp3) is 0.500. The van der Waals surface area contributed by atoms with Crippen molar-refractivity contribution in [3.8, 4) is 5.75 Å². The number of benzene rings is 1. The van der Waals surface area contributed by atoms with Gasteiger partial charge >= 0.3 is 0 Å². The third-order valence-corrected chi connectivity index (χ3v) is 3.06. The molecule has 1 aliphatic rings. The van der Waals surface area contributed by atoms with Crippen LogP contribution in [0.3, 0.4) is 0 Å². The Labute approximate surface area is 107 Å². The molecule has 1 aromatic rings. The summed E-state index contributed by atoms with van der Waals surface area (Å²) in [4.78, 5) is 13.2. The van der Waals surface area contributed by atoms with Gasteiger partial charge in [0.1, 0.15) is 18.5 Å². The summed E-state index contributed by atoms with van der Waals surface area (Å²) in [7, 11) is 2.07. The average molecular weight is 249 g/mol. The van der Waals surface area contributed by atoms with Crippen LogP contribution in [-0.2, 0) is 4.74 Å². The van der Waals surface area contributed by atoms with E-state index >= 15 is 0 Å². The molecule has 0 amide bonds. The molecule has 0 spiro atoms. The van der Waals surface area contributed by atoms with Crippen molar-refractivity contribution in [1.29, 1.82) is 0 Å². The molecule has 0 aliphatic carbocycles. The summed E-state index contributed by atoms with van der Waals surface area (Å²) in [6.45, 7) is 4.99. The maximum Gasteiger partial charge on any atom is 0.153 e. The largest absolute Gasteiger partial charge is 0.490 e. The van der Waals surface area contributed by atoms with Crippen molar-refractivity contribution in [2.45, 2.75) is 13.0 Å². The van der Waals surface area contributed by atoms with E-state index in [0.29, 0.717) is 17.9 Å². The summed E-state index contributed by atoms with van der Waals surface area (Å²) < 4.78 is 11.3. The number of carbonyl (C=O) groups excluding carboxylic acids is 1. The molecule has 0 aromatic heterocycles. The van der Waals surface area contributed by atoms with Gasteiger partial charge in [0.25, 0.3) is 0 Å². The molecule has 1 aromatic carbocycles. The van der Waals surface area contributed by atoms with Crippen molar-refractivity contribution in [2.75, 3.05) is 33.4 Å². The standard InChI is InChI=1S/C14H19NO3/c1-11-3-4-14(12(7-11)9-16)18-10-13-8-15(2)5-6-17-13/h3-4,7,9,13H,5-6,8,10H2,1-2H3. The van der Waals surface area contributed by atoms with E-state index in [2.05, 4.69) is 11.9 Å². The number of nitrogens with zero attached hydrogens (tertiary/aromatic N) is 1. The number of morpholine rings is 1. The molecule has 1 saturated heterocycles. The lowest BCUT2D eigenvalue weighted by atomic mass is 10.1. The van der Waals surface area contributed by atoms with E-state index in [4.69, 9.17) is 9.47 Å². The number of aldehydes is 1. The first kappa shape index (κ1) is 13.1. The van der Waals surface area contributed by atoms with Crippen LogP contribution in [0.5, 0.6) is 5.75 Å². The predicted molar refractivity (Wildman–Crippen MR) is 69.3 cm³/mol.